The number of rotatable bonds is 1. The van der Waals surface area contributed by atoms with E-state index < -0.39 is 0 Å². The minimum Gasteiger partial charge on any atom is -0.394 e. The second kappa shape index (κ2) is 3.05. The van der Waals surface area contributed by atoms with Crippen molar-refractivity contribution in [2.75, 3.05) is 13.2 Å². The van der Waals surface area contributed by atoms with Crippen molar-refractivity contribution in [3.8, 4) is 0 Å². The van der Waals surface area contributed by atoms with Gasteiger partial charge in [0.1, 0.15) is 0 Å². The van der Waals surface area contributed by atoms with E-state index in [1.807, 2.05) is 0 Å². The molecule has 1 saturated heterocycles. The van der Waals surface area contributed by atoms with E-state index in [2.05, 4.69) is 0 Å². The predicted octanol–water partition coefficient (Wildman–Crippen LogP) is 0.548. The number of aliphatic hydroxyl groups excluding tert-OH is 1. The Morgan fingerprint density at radius 2 is 2.38 bits per heavy atom. The third-order valence-corrected chi connectivity index (χ3v) is 1.48. The summed E-state index contributed by atoms with van der Waals surface area (Å²) in [5.41, 5.74) is 0. The summed E-state index contributed by atoms with van der Waals surface area (Å²) < 4.78 is 5.18. The first-order chi connectivity index (χ1) is 3.93. The molecule has 8 heavy (non-hydrogen) atoms. The summed E-state index contributed by atoms with van der Waals surface area (Å²) in [7, 11) is 0. The lowest BCUT2D eigenvalue weighted by molar-refractivity contribution is -0.0172. The SMILES string of the molecule is OC[C@@H]1CCCCO1. The van der Waals surface area contributed by atoms with Gasteiger partial charge < -0.3 is 9.84 Å². The topological polar surface area (TPSA) is 29.5 Å². The molecule has 0 aromatic heterocycles. The molecule has 1 fully saturated rings. The van der Waals surface area contributed by atoms with Crippen LogP contribution in [0.25, 0.3) is 0 Å². The maximum absolute atomic E-state index is 8.57. The highest BCUT2D eigenvalue weighted by Gasteiger charge is 2.10. The van der Waals surface area contributed by atoms with Crippen molar-refractivity contribution in [1.82, 2.24) is 0 Å². The van der Waals surface area contributed by atoms with E-state index in [4.69, 9.17) is 9.84 Å². The molecule has 1 atom stereocenters. The van der Waals surface area contributed by atoms with Crippen molar-refractivity contribution >= 4 is 0 Å². The van der Waals surface area contributed by atoms with Crippen LogP contribution in [0, 0.1) is 0 Å². The molecule has 0 aliphatic carbocycles. The second-order valence-corrected chi connectivity index (χ2v) is 2.17. The lowest BCUT2D eigenvalue weighted by Crippen LogP contribution is -2.22. The molecule has 48 valence electrons. The predicted molar refractivity (Wildman–Crippen MR) is 30.7 cm³/mol. The molecular weight excluding hydrogens is 104 g/mol. The van der Waals surface area contributed by atoms with Crippen LogP contribution in [0.15, 0.2) is 0 Å². The fraction of sp³-hybridized carbons (Fsp3) is 1.00. The Balaban J connectivity index is 2.13. The summed E-state index contributed by atoms with van der Waals surface area (Å²) >= 11 is 0. The van der Waals surface area contributed by atoms with Gasteiger partial charge in [-0.05, 0) is 19.3 Å². The van der Waals surface area contributed by atoms with E-state index in [-0.39, 0.29) is 12.7 Å². The highest BCUT2D eigenvalue weighted by molar-refractivity contribution is 4.60. The lowest BCUT2D eigenvalue weighted by atomic mass is 10.1. The van der Waals surface area contributed by atoms with Crippen molar-refractivity contribution in [2.24, 2.45) is 0 Å². The number of hydrogen-bond donors (Lipinski definition) is 1. The largest absolute Gasteiger partial charge is 0.394 e. The fourth-order valence-electron chi connectivity index (χ4n) is 0.951. The van der Waals surface area contributed by atoms with Crippen molar-refractivity contribution in [3.63, 3.8) is 0 Å². The molecule has 2 nitrogen and oxygen atoms in total. The Morgan fingerprint density at radius 3 is 2.75 bits per heavy atom. The second-order valence-electron chi connectivity index (χ2n) is 2.17. The number of aliphatic hydroxyl groups is 1. The van der Waals surface area contributed by atoms with E-state index in [9.17, 15) is 0 Å². The molecule has 0 saturated carbocycles. The van der Waals surface area contributed by atoms with Gasteiger partial charge >= 0.3 is 0 Å². The van der Waals surface area contributed by atoms with Crippen LogP contribution in [0.2, 0.25) is 0 Å². The molecular formula is C6H12O2. The van der Waals surface area contributed by atoms with Crippen LogP contribution >= 0.6 is 0 Å². The maximum atomic E-state index is 8.57. The quantitative estimate of drug-likeness (QED) is 0.542. The van der Waals surface area contributed by atoms with Crippen LogP contribution in [0.1, 0.15) is 19.3 Å². The Hall–Kier alpha value is -0.0800. The van der Waals surface area contributed by atoms with E-state index in [1.54, 1.807) is 0 Å². The van der Waals surface area contributed by atoms with Crippen molar-refractivity contribution in [1.29, 1.82) is 0 Å². The van der Waals surface area contributed by atoms with Crippen LogP contribution in [0.5, 0.6) is 0 Å². The molecule has 1 rings (SSSR count). The molecule has 0 aromatic carbocycles. The molecule has 1 N–H and O–H groups in total. The summed E-state index contributed by atoms with van der Waals surface area (Å²) in [4.78, 5) is 0. The smallest absolute Gasteiger partial charge is 0.0805 e. The normalized spacial score (nSPS) is 30.4. The Labute approximate surface area is 49.5 Å². The molecule has 1 aliphatic heterocycles. The summed E-state index contributed by atoms with van der Waals surface area (Å²) in [6.45, 7) is 1.03. The van der Waals surface area contributed by atoms with Gasteiger partial charge in [-0.15, -0.1) is 0 Å². The Morgan fingerprint density at radius 1 is 1.50 bits per heavy atom. The lowest BCUT2D eigenvalue weighted by Gasteiger charge is -2.19. The average Bonchev–Trinajstić information content (AvgIpc) is 1.90. The zero-order valence-electron chi connectivity index (χ0n) is 4.97. The van der Waals surface area contributed by atoms with Crippen LogP contribution in [-0.4, -0.2) is 24.4 Å². The highest BCUT2D eigenvalue weighted by atomic mass is 16.5. The van der Waals surface area contributed by atoms with E-state index in [0.717, 1.165) is 19.4 Å². The molecule has 1 heterocycles. The Kier molecular flexibility index (Phi) is 2.30. The Bertz CT molecular complexity index is 57.5. The average molecular weight is 116 g/mol. The minimum absolute atomic E-state index is 0.142. The number of hydrogen-bond acceptors (Lipinski definition) is 2. The first kappa shape index (κ1) is 6.05. The standard InChI is InChI=1S/C6H12O2/c7-5-6-3-1-2-4-8-6/h6-7H,1-5H2/t6-/m0/s1. The van der Waals surface area contributed by atoms with Gasteiger partial charge in [0, 0.05) is 6.61 Å². The third kappa shape index (κ3) is 1.46. The van der Waals surface area contributed by atoms with Crippen LogP contribution in [0.3, 0.4) is 0 Å². The summed E-state index contributed by atoms with van der Waals surface area (Å²) in [6, 6.07) is 0. The summed E-state index contributed by atoms with van der Waals surface area (Å²) in [6.07, 6.45) is 3.56. The van der Waals surface area contributed by atoms with Gasteiger partial charge in [-0.1, -0.05) is 0 Å². The summed E-state index contributed by atoms with van der Waals surface area (Å²) in [5.74, 6) is 0. The van der Waals surface area contributed by atoms with Crippen molar-refractivity contribution in [2.45, 2.75) is 25.4 Å². The van der Waals surface area contributed by atoms with Crippen molar-refractivity contribution in [3.05, 3.63) is 0 Å². The zero-order chi connectivity index (χ0) is 5.82. The van der Waals surface area contributed by atoms with Crippen LogP contribution < -0.4 is 0 Å². The molecule has 0 unspecified atom stereocenters. The van der Waals surface area contributed by atoms with Crippen LogP contribution in [-0.2, 0) is 4.74 Å². The van der Waals surface area contributed by atoms with E-state index in [1.165, 1.54) is 6.42 Å². The first-order valence-corrected chi connectivity index (χ1v) is 3.16. The molecule has 0 bridgehead atoms. The molecule has 0 radical (unpaired) electrons. The van der Waals surface area contributed by atoms with Gasteiger partial charge in [0.2, 0.25) is 0 Å². The van der Waals surface area contributed by atoms with E-state index >= 15 is 0 Å². The molecule has 2 heteroatoms. The van der Waals surface area contributed by atoms with Gasteiger partial charge in [0.25, 0.3) is 0 Å². The first-order valence-electron chi connectivity index (χ1n) is 3.16. The fourth-order valence-corrected chi connectivity index (χ4v) is 0.951. The third-order valence-electron chi connectivity index (χ3n) is 1.48. The van der Waals surface area contributed by atoms with E-state index in [0.29, 0.717) is 0 Å². The monoisotopic (exact) mass is 116 g/mol. The number of ether oxygens (including phenoxy) is 1. The van der Waals surface area contributed by atoms with Gasteiger partial charge in [0.15, 0.2) is 0 Å². The maximum Gasteiger partial charge on any atom is 0.0805 e. The van der Waals surface area contributed by atoms with Gasteiger partial charge in [-0.2, -0.15) is 0 Å². The summed E-state index contributed by atoms with van der Waals surface area (Å²) in [5, 5.41) is 8.57. The van der Waals surface area contributed by atoms with Crippen molar-refractivity contribution < 1.29 is 9.84 Å². The molecule has 0 spiro atoms. The molecule has 1 aliphatic rings. The molecule has 0 amide bonds. The minimum atomic E-state index is 0.142. The van der Waals surface area contributed by atoms with Gasteiger partial charge in [-0.25, -0.2) is 0 Å². The molecule has 0 aromatic rings. The van der Waals surface area contributed by atoms with Gasteiger partial charge in [0.05, 0.1) is 12.7 Å². The van der Waals surface area contributed by atoms with Crippen LogP contribution in [0.4, 0.5) is 0 Å². The van der Waals surface area contributed by atoms with Gasteiger partial charge in [-0.3, -0.25) is 0 Å². The highest BCUT2D eigenvalue weighted by Crippen LogP contribution is 2.10. The zero-order valence-corrected chi connectivity index (χ0v) is 4.97.